The molecule has 0 aromatic heterocycles. The second kappa shape index (κ2) is 9.71. The van der Waals surface area contributed by atoms with Crippen LogP contribution in [-0.2, 0) is 0 Å². The number of carbonyl (C=O) groups is 1. The quantitative estimate of drug-likeness (QED) is 0.496. The maximum Gasteiger partial charge on any atom is 0.253 e. The first-order valence-corrected chi connectivity index (χ1v) is 10.8. The Morgan fingerprint density at radius 2 is 1.58 bits per heavy atom. The van der Waals surface area contributed by atoms with Crippen LogP contribution in [-0.4, -0.2) is 35.8 Å². The highest BCUT2D eigenvalue weighted by molar-refractivity contribution is 6.31. The van der Waals surface area contributed by atoms with Gasteiger partial charge in [0.05, 0.1) is 11.4 Å². The number of aliphatic imine (C=N–C) groups is 1. The number of carbonyl (C=O) groups excluding carboxylic acids is 1. The van der Waals surface area contributed by atoms with E-state index in [0.29, 0.717) is 22.2 Å². The molecule has 31 heavy (non-hydrogen) atoms. The number of benzene rings is 3. The van der Waals surface area contributed by atoms with Crippen molar-refractivity contribution in [2.75, 3.05) is 13.1 Å². The molecule has 156 valence electrons. The number of para-hydroxylation sites is 1. The highest BCUT2D eigenvalue weighted by atomic mass is 35.5. The Labute approximate surface area is 187 Å². The van der Waals surface area contributed by atoms with Crippen LogP contribution in [0.25, 0.3) is 0 Å². The minimum atomic E-state index is 0.0410. The Balaban J connectivity index is 1.35. The van der Waals surface area contributed by atoms with Crippen molar-refractivity contribution >= 4 is 35.1 Å². The van der Waals surface area contributed by atoms with Crippen molar-refractivity contribution in [3.05, 3.63) is 101 Å². The fourth-order valence-electron chi connectivity index (χ4n) is 3.73. The first-order valence-electron chi connectivity index (χ1n) is 10.4. The van der Waals surface area contributed by atoms with Gasteiger partial charge in [0.25, 0.3) is 5.91 Å². The summed E-state index contributed by atoms with van der Waals surface area (Å²) in [5.74, 6) is 0.434. The Kier molecular flexibility index (Phi) is 6.58. The SMILES string of the molecule is N=C(c1ccc(C(=O)N2CCC(C=Nc3ccccc3)CC2)cc1)c1cccc(Cl)c1. The summed E-state index contributed by atoms with van der Waals surface area (Å²) in [4.78, 5) is 19.4. The van der Waals surface area contributed by atoms with Crippen molar-refractivity contribution in [2.24, 2.45) is 10.9 Å². The van der Waals surface area contributed by atoms with Crippen LogP contribution in [0, 0.1) is 11.3 Å². The lowest BCUT2D eigenvalue weighted by atomic mass is 9.97. The molecule has 1 fully saturated rings. The Bertz CT molecular complexity index is 1090. The molecular formula is C26H24ClN3O. The summed E-state index contributed by atoms with van der Waals surface area (Å²) in [7, 11) is 0. The molecule has 0 aliphatic carbocycles. The van der Waals surface area contributed by atoms with Crippen LogP contribution >= 0.6 is 11.6 Å². The summed E-state index contributed by atoms with van der Waals surface area (Å²) in [6, 6.07) is 24.4. The highest BCUT2D eigenvalue weighted by Gasteiger charge is 2.23. The zero-order chi connectivity index (χ0) is 21.6. The number of nitrogens with one attached hydrogen (secondary N) is 1. The van der Waals surface area contributed by atoms with Crippen LogP contribution in [0.5, 0.6) is 0 Å². The van der Waals surface area contributed by atoms with E-state index >= 15 is 0 Å². The lowest BCUT2D eigenvalue weighted by molar-refractivity contribution is 0.0711. The van der Waals surface area contributed by atoms with E-state index in [1.807, 2.05) is 65.7 Å². The fourth-order valence-corrected chi connectivity index (χ4v) is 3.92. The van der Waals surface area contributed by atoms with Gasteiger partial charge in [-0.15, -0.1) is 0 Å². The van der Waals surface area contributed by atoms with Crippen LogP contribution < -0.4 is 0 Å². The zero-order valence-corrected chi connectivity index (χ0v) is 17.9. The number of hydrogen-bond donors (Lipinski definition) is 1. The minimum Gasteiger partial charge on any atom is -0.339 e. The second-order valence-corrected chi connectivity index (χ2v) is 8.14. The predicted octanol–water partition coefficient (Wildman–Crippen LogP) is 6.01. The maximum atomic E-state index is 12.9. The average molecular weight is 430 g/mol. The predicted molar refractivity (Wildman–Crippen MR) is 127 cm³/mol. The third-order valence-electron chi connectivity index (χ3n) is 5.55. The van der Waals surface area contributed by atoms with E-state index in [0.717, 1.165) is 42.7 Å². The molecule has 4 nitrogen and oxygen atoms in total. The van der Waals surface area contributed by atoms with Gasteiger partial charge in [0.1, 0.15) is 0 Å². The van der Waals surface area contributed by atoms with Crippen LogP contribution in [0.4, 0.5) is 5.69 Å². The molecule has 1 heterocycles. The Hall–Kier alpha value is -3.24. The first-order chi connectivity index (χ1) is 15.1. The van der Waals surface area contributed by atoms with E-state index < -0.39 is 0 Å². The zero-order valence-electron chi connectivity index (χ0n) is 17.2. The van der Waals surface area contributed by atoms with Gasteiger partial charge in [0.2, 0.25) is 0 Å². The highest BCUT2D eigenvalue weighted by Crippen LogP contribution is 2.20. The molecule has 5 heteroatoms. The smallest absolute Gasteiger partial charge is 0.253 e. The Morgan fingerprint density at radius 3 is 2.26 bits per heavy atom. The number of piperidine rings is 1. The van der Waals surface area contributed by atoms with Gasteiger partial charge in [-0.25, -0.2) is 0 Å². The molecule has 4 rings (SSSR count). The monoisotopic (exact) mass is 429 g/mol. The molecule has 0 bridgehead atoms. The fraction of sp³-hybridized carbons (Fsp3) is 0.192. The molecule has 1 aliphatic heterocycles. The molecule has 3 aromatic rings. The summed E-state index contributed by atoms with van der Waals surface area (Å²) in [6.07, 6.45) is 3.85. The van der Waals surface area contributed by atoms with Crippen LogP contribution in [0.2, 0.25) is 5.02 Å². The van der Waals surface area contributed by atoms with E-state index in [-0.39, 0.29) is 5.91 Å². The van der Waals surface area contributed by atoms with E-state index in [4.69, 9.17) is 17.0 Å². The van der Waals surface area contributed by atoms with Gasteiger partial charge in [0.15, 0.2) is 0 Å². The molecule has 1 amide bonds. The Morgan fingerprint density at radius 1 is 0.903 bits per heavy atom. The third kappa shape index (κ3) is 5.28. The van der Waals surface area contributed by atoms with Crippen molar-refractivity contribution in [1.29, 1.82) is 5.41 Å². The largest absolute Gasteiger partial charge is 0.339 e. The third-order valence-corrected chi connectivity index (χ3v) is 5.79. The van der Waals surface area contributed by atoms with Crippen LogP contribution in [0.15, 0.2) is 83.9 Å². The number of likely N-dealkylation sites (tertiary alicyclic amines) is 1. The van der Waals surface area contributed by atoms with E-state index in [1.165, 1.54) is 0 Å². The number of hydrogen-bond acceptors (Lipinski definition) is 3. The number of nitrogens with zero attached hydrogens (tertiary/aromatic N) is 2. The summed E-state index contributed by atoms with van der Waals surface area (Å²) in [6.45, 7) is 1.45. The molecule has 0 unspecified atom stereocenters. The lowest BCUT2D eigenvalue weighted by Crippen LogP contribution is -2.38. The number of rotatable bonds is 5. The van der Waals surface area contributed by atoms with Crippen molar-refractivity contribution in [3.8, 4) is 0 Å². The van der Waals surface area contributed by atoms with Gasteiger partial charge in [-0.05, 0) is 55.2 Å². The van der Waals surface area contributed by atoms with Gasteiger partial charge in [0, 0.05) is 41.0 Å². The van der Waals surface area contributed by atoms with Crippen molar-refractivity contribution in [1.82, 2.24) is 4.90 Å². The molecule has 0 atom stereocenters. The molecule has 1 N–H and O–H groups in total. The summed E-state index contributed by atoms with van der Waals surface area (Å²) in [5, 5.41) is 9.00. The molecule has 1 aliphatic rings. The molecule has 0 saturated carbocycles. The van der Waals surface area contributed by atoms with Gasteiger partial charge in [-0.1, -0.05) is 54.1 Å². The summed E-state index contributed by atoms with van der Waals surface area (Å²) < 4.78 is 0. The molecule has 0 radical (unpaired) electrons. The maximum absolute atomic E-state index is 12.9. The number of halogens is 1. The van der Waals surface area contributed by atoms with Gasteiger partial charge in [-0.3, -0.25) is 15.2 Å². The second-order valence-electron chi connectivity index (χ2n) is 7.71. The molecule has 3 aromatic carbocycles. The van der Waals surface area contributed by atoms with Crippen LogP contribution in [0.1, 0.15) is 34.3 Å². The first kappa shape index (κ1) is 21.0. The lowest BCUT2D eigenvalue weighted by Gasteiger charge is -2.30. The number of amides is 1. The topological polar surface area (TPSA) is 56.5 Å². The van der Waals surface area contributed by atoms with Crippen molar-refractivity contribution in [3.63, 3.8) is 0 Å². The van der Waals surface area contributed by atoms with E-state index in [9.17, 15) is 4.79 Å². The standard InChI is InChI=1S/C26H24ClN3O/c27-23-6-4-5-22(17-23)25(28)20-9-11-21(12-10-20)26(31)30-15-13-19(14-16-30)18-29-24-7-2-1-3-8-24/h1-12,17-19,28H,13-16H2. The van der Waals surface area contributed by atoms with Gasteiger partial charge >= 0.3 is 0 Å². The van der Waals surface area contributed by atoms with Crippen molar-refractivity contribution < 1.29 is 4.79 Å². The van der Waals surface area contributed by atoms with Crippen molar-refractivity contribution in [2.45, 2.75) is 12.8 Å². The minimum absolute atomic E-state index is 0.0410. The van der Waals surface area contributed by atoms with E-state index in [1.54, 1.807) is 24.3 Å². The van der Waals surface area contributed by atoms with Crippen LogP contribution in [0.3, 0.4) is 0 Å². The normalized spacial score (nSPS) is 14.7. The summed E-state index contributed by atoms with van der Waals surface area (Å²) >= 11 is 6.04. The summed E-state index contributed by atoms with van der Waals surface area (Å²) in [5.41, 5.74) is 3.52. The molecule has 0 spiro atoms. The molecule has 1 saturated heterocycles. The molecular weight excluding hydrogens is 406 g/mol. The van der Waals surface area contributed by atoms with Gasteiger partial charge < -0.3 is 4.90 Å². The van der Waals surface area contributed by atoms with E-state index in [2.05, 4.69) is 4.99 Å². The van der Waals surface area contributed by atoms with Gasteiger partial charge in [-0.2, -0.15) is 0 Å². The average Bonchev–Trinajstić information content (AvgIpc) is 2.83.